The predicted octanol–water partition coefficient (Wildman–Crippen LogP) is 3.03. The van der Waals surface area contributed by atoms with Gasteiger partial charge in [0.1, 0.15) is 5.75 Å². The van der Waals surface area contributed by atoms with Gasteiger partial charge in [0.05, 0.1) is 13.0 Å². The number of methoxy groups -OCH3 is 1. The number of amides is 3. The average Bonchev–Trinajstić information content (AvgIpc) is 3.24. The molecule has 2 atom stereocenters. The second-order valence-electron chi connectivity index (χ2n) is 8.01. The highest BCUT2D eigenvalue weighted by Gasteiger charge is 2.42. The van der Waals surface area contributed by atoms with E-state index in [0.29, 0.717) is 26.2 Å². The van der Waals surface area contributed by atoms with Gasteiger partial charge in [-0.1, -0.05) is 36.4 Å². The number of benzene rings is 2. The van der Waals surface area contributed by atoms with Crippen molar-refractivity contribution >= 4 is 11.9 Å². The highest BCUT2D eigenvalue weighted by atomic mass is 16.5. The molecule has 1 N–H and O–H groups in total. The molecule has 0 saturated carbocycles. The van der Waals surface area contributed by atoms with E-state index >= 15 is 0 Å². The van der Waals surface area contributed by atoms with Crippen molar-refractivity contribution in [1.29, 1.82) is 0 Å². The van der Waals surface area contributed by atoms with Crippen molar-refractivity contribution in [3.05, 3.63) is 65.2 Å². The normalized spacial score (nSPS) is 20.6. The molecule has 0 spiro atoms. The molecule has 0 radical (unpaired) electrons. The number of hydrogen-bond acceptors (Lipinski definition) is 3. The second kappa shape index (κ2) is 8.78. The van der Waals surface area contributed by atoms with E-state index < -0.39 is 0 Å². The van der Waals surface area contributed by atoms with Gasteiger partial charge in [0, 0.05) is 38.6 Å². The van der Waals surface area contributed by atoms with Crippen LogP contribution in [0, 0.1) is 5.92 Å². The molecule has 0 aliphatic carbocycles. The molecule has 4 rings (SSSR count). The summed E-state index contributed by atoms with van der Waals surface area (Å²) in [6.45, 7) is 4.79. The molecule has 6 heteroatoms. The number of hydrogen-bond donors (Lipinski definition) is 1. The van der Waals surface area contributed by atoms with Crippen molar-refractivity contribution < 1.29 is 14.3 Å². The minimum atomic E-state index is -0.259. The maximum Gasteiger partial charge on any atom is 0.317 e. The first-order valence-electron chi connectivity index (χ1n) is 10.6. The summed E-state index contributed by atoms with van der Waals surface area (Å²) in [7, 11) is 1.64. The van der Waals surface area contributed by atoms with Gasteiger partial charge in [0.15, 0.2) is 0 Å². The number of nitrogens with zero attached hydrogens (tertiary/aromatic N) is 2. The van der Waals surface area contributed by atoms with Gasteiger partial charge in [-0.15, -0.1) is 0 Å². The Balaban J connectivity index is 1.59. The quantitative estimate of drug-likeness (QED) is 0.848. The van der Waals surface area contributed by atoms with E-state index in [1.807, 2.05) is 42.2 Å². The number of carbonyl (C=O) groups is 2. The van der Waals surface area contributed by atoms with Crippen LogP contribution < -0.4 is 10.1 Å². The summed E-state index contributed by atoms with van der Waals surface area (Å²) in [6, 6.07) is 16.1. The van der Waals surface area contributed by atoms with Gasteiger partial charge >= 0.3 is 6.03 Å². The van der Waals surface area contributed by atoms with Gasteiger partial charge in [-0.3, -0.25) is 4.79 Å². The number of urea groups is 1. The minimum absolute atomic E-state index is 0.0487. The zero-order valence-electron chi connectivity index (χ0n) is 17.6. The zero-order valence-corrected chi connectivity index (χ0v) is 17.6. The molecule has 2 aromatic carbocycles. The molecule has 1 saturated heterocycles. The Hall–Kier alpha value is -3.02. The van der Waals surface area contributed by atoms with Crippen LogP contribution in [0.25, 0.3) is 0 Å². The SMILES string of the molecule is CCNC(=O)N1CC(C(=O)N2CCc3ccccc3C2)C(c2cccc(OC)c2)C1. The van der Waals surface area contributed by atoms with E-state index in [2.05, 4.69) is 23.5 Å². The largest absolute Gasteiger partial charge is 0.497 e. The molecule has 2 aliphatic rings. The summed E-state index contributed by atoms with van der Waals surface area (Å²) < 4.78 is 5.39. The van der Waals surface area contributed by atoms with Gasteiger partial charge < -0.3 is 19.9 Å². The van der Waals surface area contributed by atoms with Crippen LogP contribution in [0.2, 0.25) is 0 Å². The van der Waals surface area contributed by atoms with Gasteiger partial charge in [-0.2, -0.15) is 0 Å². The Morgan fingerprint density at radius 2 is 1.87 bits per heavy atom. The van der Waals surface area contributed by atoms with Crippen molar-refractivity contribution in [2.75, 3.05) is 33.3 Å². The molecule has 6 nitrogen and oxygen atoms in total. The summed E-state index contributed by atoms with van der Waals surface area (Å²) in [5.41, 5.74) is 3.58. The molecule has 2 aliphatic heterocycles. The van der Waals surface area contributed by atoms with Crippen molar-refractivity contribution in [1.82, 2.24) is 15.1 Å². The van der Waals surface area contributed by atoms with Gasteiger partial charge in [0.2, 0.25) is 5.91 Å². The van der Waals surface area contributed by atoms with Crippen LogP contribution >= 0.6 is 0 Å². The molecule has 2 heterocycles. The first-order valence-corrected chi connectivity index (χ1v) is 10.6. The fourth-order valence-electron chi connectivity index (χ4n) is 4.61. The number of carbonyl (C=O) groups excluding carboxylic acids is 2. The van der Waals surface area contributed by atoms with Crippen LogP contribution in [0.15, 0.2) is 48.5 Å². The van der Waals surface area contributed by atoms with E-state index in [1.165, 1.54) is 11.1 Å². The summed E-state index contributed by atoms with van der Waals surface area (Å²) in [6.07, 6.45) is 0.874. The van der Waals surface area contributed by atoms with Gasteiger partial charge in [-0.05, 0) is 42.2 Å². The lowest BCUT2D eigenvalue weighted by Gasteiger charge is -2.32. The van der Waals surface area contributed by atoms with Crippen LogP contribution in [0.4, 0.5) is 4.79 Å². The fraction of sp³-hybridized carbons (Fsp3) is 0.417. The maximum atomic E-state index is 13.6. The standard InChI is InChI=1S/C24H29N3O3/c1-3-25-24(29)27-15-21(18-9-6-10-20(13-18)30-2)22(16-27)23(28)26-12-11-17-7-4-5-8-19(17)14-26/h4-10,13,21-22H,3,11-12,14-16H2,1-2H3,(H,25,29). The second-order valence-corrected chi connectivity index (χ2v) is 8.01. The van der Waals surface area contributed by atoms with Crippen molar-refractivity contribution in [2.45, 2.75) is 25.8 Å². The minimum Gasteiger partial charge on any atom is -0.497 e. The molecule has 1 fully saturated rings. The Labute approximate surface area is 177 Å². The van der Waals surface area contributed by atoms with E-state index in [-0.39, 0.29) is 23.8 Å². The Morgan fingerprint density at radius 3 is 2.63 bits per heavy atom. The lowest BCUT2D eigenvalue weighted by Crippen LogP contribution is -2.43. The first kappa shape index (κ1) is 20.3. The third-order valence-electron chi connectivity index (χ3n) is 6.22. The molecular formula is C24H29N3O3. The first-order chi connectivity index (χ1) is 14.6. The maximum absolute atomic E-state index is 13.6. The van der Waals surface area contributed by atoms with Gasteiger partial charge in [-0.25, -0.2) is 4.79 Å². The van der Waals surface area contributed by atoms with E-state index in [1.54, 1.807) is 12.0 Å². The Morgan fingerprint density at radius 1 is 1.07 bits per heavy atom. The summed E-state index contributed by atoms with van der Waals surface area (Å²) in [5, 5.41) is 2.87. The third-order valence-corrected chi connectivity index (χ3v) is 6.22. The molecule has 2 aromatic rings. The molecular weight excluding hydrogens is 378 g/mol. The third kappa shape index (κ3) is 3.99. The summed E-state index contributed by atoms with van der Waals surface area (Å²) in [4.78, 5) is 29.9. The van der Waals surface area contributed by atoms with Crippen molar-refractivity contribution in [3.63, 3.8) is 0 Å². The van der Waals surface area contributed by atoms with E-state index in [0.717, 1.165) is 24.3 Å². The lowest BCUT2D eigenvalue weighted by atomic mass is 9.87. The highest BCUT2D eigenvalue weighted by Crippen LogP contribution is 2.36. The zero-order chi connectivity index (χ0) is 21.1. The Bertz CT molecular complexity index is 929. The molecule has 0 bridgehead atoms. The lowest BCUT2D eigenvalue weighted by molar-refractivity contribution is -0.136. The monoisotopic (exact) mass is 407 g/mol. The molecule has 2 unspecified atom stereocenters. The number of ether oxygens (including phenoxy) is 1. The molecule has 0 aromatic heterocycles. The van der Waals surface area contributed by atoms with Crippen LogP contribution in [0.5, 0.6) is 5.75 Å². The fourth-order valence-corrected chi connectivity index (χ4v) is 4.61. The van der Waals surface area contributed by atoms with E-state index in [9.17, 15) is 9.59 Å². The van der Waals surface area contributed by atoms with Crippen LogP contribution in [-0.4, -0.2) is 55.0 Å². The summed E-state index contributed by atoms with van der Waals surface area (Å²) >= 11 is 0. The number of rotatable bonds is 4. The number of nitrogens with one attached hydrogen (secondary N) is 1. The number of fused-ring (bicyclic) bond motifs is 1. The predicted molar refractivity (Wildman–Crippen MR) is 115 cm³/mol. The van der Waals surface area contributed by atoms with Crippen LogP contribution in [0.1, 0.15) is 29.5 Å². The van der Waals surface area contributed by atoms with E-state index in [4.69, 9.17) is 4.74 Å². The summed E-state index contributed by atoms with van der Waals surface area (Å²) in [5.74, 6) is 0.587. The Kier molecular flexibility index (Phi) is 5.93. The van der Waals surface area contributed by atoms with Crippen molar-refractivity contribution in [3.8, 4) is 5.75 Å². The smallest absolute Gasteiger partial charge is 0.317 e. The average molecular weight is 408 g/mol. The van der Waals surface area contributed by atoms with Gasteiger partial charge in [0.25, 0.3) is 0 Å². The van der Waals surface area contributed by atoms with Crippen molar-refractivity contribution in [2.24, 2.45) is 5.92 Å². The van der Waals surface area contributed by atoms with Crippen LogP contribution in [-0.2, 0) is 17.8 Å². The van der Waals surface area contributed by atoms with Crippen LogP contribution in [0.3, 0.4) is 0 Å². The topological polar surface area (TPSA) is 61.9 Å². The molecule has 158 valence electrons. The number of likely N-dealkylation sites (tertiary alicyclic amines) is 1. The molecule has 30 heavy (non-hydrogen) atoms. The highest BCUT2D eigenvalue weighted by molar-refractivity contribution is 5.83. The molecule has 3 amide bonds.